The monoisotopic (exact) mass is 478 g/mol. The number of nitrogens with zero attached hydrogens (tertiary/aromatic N) is 2. The van der Waals surface area contributed by atoms with Gasteiger partial charge < -0.3 is 25.3 Å². The SMILES string of the molecule is COc1ccc(OC(C)CN=C(N)NCCCN2CCOCC2)cc1.I. The third-order valence-electron chi connectivity index (χ3n) is 3.98. The van der Waals surface area contributed by atoms with Gasteiger partial charge in [0.25, 0.3) is 0 Å². The number of morpholine rings is 1. The van der Waals surface area contributed by atoms with Gasteiger partial charge in [-0.15, -0.1) is 24.0 Å². The van der Waals surface area contributed by atoms with Crippen molar-refractivity contribution in [2.24, 2.45) is 10.7 Å². The molecule has 0 bridgehead atoms. The van der Waals surface area contributed by atoms with Crippen molar-refractivity contribution in [3.05, 3.63) is 24.3 Å². The molecule has 1 saturated heterocycles. The number of benzene rings is 1. The molecule has 1 aromatic carbocycles. The Morgan fingerprint density at radius 1 is 1.27 bits per heavy atom. The minimum atomic E-state index is -0.0536. The summed E-state index contributed by atoms with van der Waals surface area (Å²) >= 11 is 0. The Kier molecular flexibility index (Phi) is 11.4. The van der Waals surface area contributed by atoms with E-state index in [1.807, 2.05) is 31.2 Å². The molecule has 0 spiro atoms. The van der Waals surface area contributed by atoms with Gasteiger partial charge in [0.2, 0.25) is 0 Å². The number of guanidine groups is 1. The highest BCUT2D eigenvalue weighted by Crippen LogP contribution is 2.18. The quantitative estimate of drug-likeness (QED) is 0.244. The average Bonchev–Trinajstić information content (AvgIpc) is 2.65. The molecule has 1 atom stereocenters. The molecule has 8 heteroatoms. The maximum absolute atomic E-state index is 5.91. The third kappa shape index (κ3) is 8.91. The number of nitrogens with two attached hydrogens (primary N) is 1. The zero-order chi connectivity index (χ0) is 17.9. The van der Waals surface area contributed by atoms with Crippen molar-refractivity contribution in [2.75, 3.05) is 53.0 Å². The summed E-state index contributed by atoms with van der Waals surface area (Å²) < 4.78 is 16.3. The Morgan fingerprint density at radius 3 is 2.58 bits per heavy atom. The molecule has 26 heavy (non-hydrogen) atoms. The lowest BCUT2D eigenvalue weighted by Crippen LogP contribution is -2.39. The molecule has 1 aliphatic rings. The van der Waals surface area contributed by atoms with Gasteiger partial charge in [0.1, 0.15) is 17.6 Å². The van der Waals surface area contributed by atoms with E-state index in [9.17, 15) is 0 Å². The van der Waals surface area contributed by atoms with E-state index in [2.05, 4.69) is 15.2 Å². The summed E-state index contributed by atoms with van der Waals surface area (Å²) in [6.07, 6.45) is 0.982. The van der Waals surface area contributed by atoms with Crippen molar-refractivity contribution in [3.63, 3.8) is 0 Å². The van der Waals surface area contributed by atoms with E-state index in [1.54, 1.807) is 7.11 Å². The van der Waals surface area contributed by atoms with Crippen LogP contribution in [0.15, 0.2) is 29.3 Å². The normalized spacial score (nSPS) is 16.5. The van der Waals surface area contributed by atoms with E-state index >= 15 is 0 Å². The Hall–Kier alpha value is -1.26. The molecule has 0 amide bonds. The number of hydrogen-bond donors (Lipinski definition) is 2. The Morgan fingerprint density at radius 2 is 1.92 bits per heavy atom. The molecular formula is C18H31IN4O3. The van der Waals surface area contributed by atoms with Gasteiger partial charge >= 0.3 is 0 Å². The van der Waals surface area contributed by atoms with E-state index in [0.717, 1.165) is 57.3 Å². The van der Waals surface area contributed by atoms with Crippen LogP contribution in [0.3, 0.4) is 0 Å². The fraction of sp³-hybridized carbons (Fsp3) is 0.611. The maximum atomic E-state index is 5.91. The summed E-state index contributed by atoms with van der Waals surface area (Å²) in [5.74, 6) is 2.07. The average molecular weight is 478 g/mol. The van der Waals surface area contributed by atoms with Crippen molar-refractivity contribution >= 4 is 29.9 Å². The summed E-state index contributed by atoms with van der Waals surface area (Å²) in [4.78, 5) is 6.74. The topological polar surface area (TPSA) is 81.3 Å². The van der Waals surface area contributed by atoms with Crippen LogP contribution in [0.1, 0.15) is 13.3 Å². The number of rotatable bonds is 9. The van der Waals surface area contributed by atoms with Crippen LogP contribution in [-0.4, -0.2) is 70.0 Å². The number of ether oxygens (including phenoxy) is 3. The third-order valence-corrected chi connectivity index (χ3v) is 3.98. The Balaban J connectivity index is 0.00000338. The van der Waals surface area contributed by atoms with Gasteiger partial charge in [-0.05, 0) is 44.2 Å². The number of methoxy groups -OCH3 is 1. The number of aliphatic imine (C=N–C) groups is 1. The molecule has 148 valence electrons. The molecule has 1 aliphatic heterocycles. The van der Waals surface area contributed by atoms with E-state index in [4.69, 9.17) is 19.9 Å². The lowest BCUT2D eigenvalue weighted by Gasteiger charge is -2.26. The van der Waals surface area contributed by atoms with Gasteiger partial charge in [-0.25, -0.2) is 4.99 Å². The maximum Gasteiger partial charge on any atom is 0.188 e. The van der Waals surface area contributed by atoms with Crippen LogP contribution in [0.2, 0.25) is 0 Å². The van der Waals surface area contributed by atoms with Crippen LogP contribution in [0.25, 0.3) is 0 Å². The van der Waals surface area contributed by atoms with Gasteiger partial charge in [0.05, 0.1) is 26.9 Å². The van der Waals surface area contributed by atoms with Gasteiger partial charge in [0.15, 0.2) is 5.96 Å². The van der Waals surface area contributed by atoms with Gasteiger partial charge in [-0.2, -0.15) is 0 Å². The number of hydrogen-bond acceptors (Lipinski definition) is 5. The van der Waals surface area contributed by atoms with Crippen molar-refractivity contribution < 1.29 is 14.2 Å². The van der Waals surface area contributed by atoms with Crippen molar-refractivity contribution in [1.82, 2.24) is 10.2 Å². The minimum Gasteiger partial charge on any atom is -0.497 e. The zero-order valence-corrected chi connectivity index (χ0v) is 18.0. The Bertz CT molecular complexity index is 522. The van der Waals surface area contributed by atoms with E-state index < -0.39 is 0 Å². The second-order valence-corrected chi connectivity index (χ2v) is 6.06. The standard InChI is InChI=1S/C18H30N4O3.HI/c1-15(25-17-6-4-16(23-2)5-7-17)14-21-18(19)20-8-3-9-22-10-12-24-13-11-22;/h4-7,15H,3,8-14H2,1-2H3,(H3,19,20,21);1H. The highest BCUT2D eigenvalue weighted by atomic mass is 127. The fourth-order valence-electron chi connectivity index (χ4n) is 2.55. The van der Waals surface area contributed by atoms with Gasteiger partial charge in [-0.1, -0.05) is 0 Å². The molecule has 1 fully saturated rings. The van der Waals surface area contributed by atoms with Crippen molar-refractivity contribution in [1.29, 1.82) is 0 Å². The Labute approximate surface area is 173 Å². The minimum absolute atomic E-state index is 0. The van der Waals surface area contributed by atoms with Gasteiger partial charge in [-0.3, -0.25) is 4.90 Å². The molecule has 1 heterocycles. The number of halogens is 1. The van der Waals surface area contributed by atoms with Crippen LogP contribution < -0.4 is 20.5 Å². The summed E-state index contributed by atoms with van der Waals surface area (Å²) in [5, 5.41) is 3.15. The largest absolute Gasteiger partial charge is 0.497 e. The van der Waals surface area contributed by atoms with E-state index in [1.165, 1.54) is 0 Å². The first-order valence-electron chi connectivity index (χ1n) is 8.82. The van der Waals surface area contributed by atoms with Crippen LogP contribution in [-0.2, 0) is 4.74 Å². The molecule has 7 nitrogen and oxygen atoms in total. The molecule has 0 saturated carbocycles. The molecule has 3 N–H and O–H groups in total. The lowest BCUT2D eigenvalue weighted by atomic mass is 10.3. The predicted molar refractivity (Wildman–Crippen MR) is 115 cm³/mol. The summed E-state index contributed by atoms with van der Waals surface area (Å²) in [7, 11) is 1.64. The molecular weight excluding hydrogens is 447 g/mol. The first-order valence-corrected chi connectivity index (χ1v) is 8.82. The van der Waals surface area contributed by atoms with Crippen LogP contribution in [0, 0.1) is 0 Å². The fourth-order valence-corrected chi connectivity index (χ4v) is 2.55. The predicted octanol–water partition coefficient (Wildman–Crippen LogP) is 1.71. The molecule has 2 rings (SSSR count). The molecule has 0 aliphatic carbocycles. The molecule has 1 unspecified atom stereocenters. The zero-order valence-electron chi connectivity index (χ0n) is 15.6. The van der Waals surface area contributed by atoms with E-state index in [0.29, 0.717) is 12.5 Å². The van der Waals surface area contributed by atoms with Crippen LogP contribution in [0.4, 0.5) is 0 Å². The van der Waals surface area contributed by atoms with Crippen LogP contribution >= 0.6 is 24.0 Å². The van der Waals surface area contributed by atoms with E-state index in [-0.39, 0.29) is 30.1 Å². The lowest BCUT2D eigenvalue weighted by molar-refractivity contribution is 0.0376. The first-order chi connectivity index (χ1) is 12.2. The molecule has 1 aromatic rings. The molecule has 0 aromatic heterocycles. The smallest absolute Gasteiger partial charge is 0.188 e. The van der Waals surface area contributed by atoms with Gasteiger partial charge in [0, 0.05) is 19.6 Å². The van der Waals surface area contributed by atoms with Crippen molar-refractivity contribution in [3.8, 4) is 11.5 Å². The highest BCUT2D eigenvalue weighted by Gasteiger charge is 2.09. The summed E-state index contributed by atoms with van der Waals surface area (Å²) in [6, 6.07) is 7.50. The summed E-state index contributed by atoms with van der Waals surface area (Å²) in [6.45, 7) is 8.06. The summed E-state index contributed by atoms with van der Waals surface area (Å²) in [5.41, 5.74) is 5.91. The van der Waals surface area contributed by atoms with Crippen molar-refractivity contribution in [2.45, 2.75) is 19.4 Å². The second-order valence-electron chi connectivity index (χ2n) is 6.06. The molecule has 0 radical (unpaired) electrons. The second kappa shape index (κ2) is 13.0. The number of nitrogens with one attached hydrogen (secondary N) is 1. The highest BCUT2D eigenvalue weighted by molar-refractivity contribution is 14.0. The first kappa shape index (κ1) is 22.8. The van der Waals surface area contributed by atoms with Crippen LogP contribution in [0.5, 0.6) is 11.5 Å².